The number of likely N-dealkylation sites (tertiary alicyclic amines) is 1. The van der Waals surface area contributed by atoms with Crippen LogP contribution in [0, 0.1) is 0 Å². The average Bonchev–Trinajstić information content (AvgIpc) is 2.88. The van der Waals surface area contributed by atoms with Crippen molar-refractivity contribution in [2.24, 2.45) is 4.99 Å². The van der Waals surface area contributed by atoms with Gasteiger partial charge >= 0.3 is 0 Å². The first kappa shape index (κ1) is 26.2. The quantitative estimate of drug-likeness (QED) is 0.497. The largest absolute Gasteiger partial charge is 0.493 e. The molecule has 2 aliphatic rings. The molecular weight excluding hydrogens is 450 g/mol. The molecule has 6 nitrogen and oxygen atoms in total. The van der Waals surface area contributed by atoms with Gasteiger partial charge in [-0.25, -0.2) is 0 Å². The van der Waals surface area contributed by atoms with E-state index in [4.69, 9.17) is 14.5 Å². The van der Waals surface area contributed by atoms with Crippen molar-refractivity contribution in [3.8, 4) is 11.5 Å². The van der Waals surface area contributed by atoms with Gasteiger partial charge in [-0.2, -0.15) is 0 Å². The molecule has 2 heterocycles. The third-order valence-corrected chi connectivity index (χ3v) is 7.63. The van der Waals surface area contributed by atoms with Crippen LogP contribution in [0.25, 0.3) is 0 Å². The summed E-state index contributed by atoms with van der Waals surface area (Å²) in [5.41, 5.74) is 5.07. The lowest BCUT2D eigenvalue weighted by atomic mass is 9.79. The van der Waals surface area contributed by atoms with Crippen LogP contribution in [-0.4, -0.2) is 73.4 Å². The van der Waals surface area contributed by atoms with Crippen molar-refractivity contribution in [3.63, 3.8) is 0 Å². The van der Waals surface area contributed by atoms with E-state index in [9.17, 15) is 4.79 Å². The van der Waals surface area contributed by atoms with Crippen molar-refractivity contribution in [1.29, 1.82) is 0 Å². The second-order valence-electron chi connectivity index (χ2n) is 10.4. The maximum absolute atomic E-state index is 13.3. The van der Waals surface area contributed by atoms with Gasteiger partial charge in [0.2, 0.25) is 0 Å². The third kappa shape index (κ3) is 5.01. The Morgan fingerprint density at radius 3 is 2.47 bits per heavy atom. The topological polar surface area (TPSA) is 54.4 Å². The van der Waals surface area contributed by atoms with Gasteiger partial charge in [0, 0.05) is 41.2 Å². The molecule has 1 saturated heterocycles. The molecule has 0 bridgehead atoms. The molecule has 0 spiro atoms. The lowest BCUT2D eigenvalue weighted by molar-refractivity contribution is 0.0621. The Morgan fingerprint density at radius 1 is 1.14 bits per heavy atom. The molecular formula is C30H41N3O3. The molecule has 1 fully saturated rings. The second kappa shape index (κ2) is 11.0. The molecule has 2 aromatic carbocycles. The summed E-state index contributed by atoms with van der Waals surface area (Å²) < 4.78 is 11.6. The summed E-state index contributed by atoms with van der Waals surface area (Å²) in [5.74, 6) is 1.91. The molecule has 194 valence electrons. The zero-order chi connectivity index (χ0) is 26.0. The molecule has 6 heteroatoms. The second-order valence-corrected chi connectivity index (χ2v) is 10.4. The highest BCUT2D eigenvalue weighted by molar-refractivity contribution is 6.15. The SMILES string of the molecule is CCOc1cc2c(cc1OC)C(c1ccc(C(=O)N(C(C)C)C(C)CC)cc1)=N[C@@H]1CCN(C)C[C@H]21. The number of aliphatic imine (C=N–C) groups is 1. The first-order valence-electron chi connectivity index (χ1n) is 13.3. The number of carbonyl (C=O) groups is 1. The molecule has 0 saturated carbocycles. The maximum atomic E-state index is 13.3. The molecule has 4 rings (SSSR count). The van der Waals surface area contributed by atoms with Crippen molar-refractivity contribution >= 4 is 11.6 Å². The van der Waals surface area contributed by atoms with Crippen molar-refractivity contribution in [3.05, 3.63) is 58.7 Å². The summed E-state index contributed by atoms with van der Waals surface area (Å²) in [6.07, 6.45) is 1.95. The van der Waals surface area contributed by atoms with Gasteiger partial charge in [0.05, 0.1) is 25.5 Å². The molecule has 0 N–H and O–H groups in total. The molecule has 2 aliphatic heterocycles. The number of benzene rings is 2. The lowest BCUT2D eigenvalue weighted by Gasteiger charge is -2.39. The van der Waals surface area contributed by atoms with E-state index in [0.29, 0.717) is 18.1 Å². The number of hydrogen-bond acceptors (Lipinski definition) is 5. The number of fused-ring (bicyclic) bond motifs is 3. The van der Waals surface area contributed by atoms with E-state index < -0.39 is 0 Å². The number of rotatable bonds is 8. The van der Waals surface area contributed by atoms with Crippen molar-refractivity contribution in [2.45, 2.75) is 71.5 Å². The van der Waals surface area contributed by atoms with E-state index in [1.54, 1.807) is 7.11 Å². The molecule has 36 heavy (non-hydrogen) atoms. The predicted octanol–water partition coefficient (Wildman–Crippen LogP) is 5.38. The van der Waals surface area contributed by atoms with Gasteiger partial charge < -0.3 is 19.3 Å². The van der Waals surface area contributed by atoms with Crippen LogP contribution < -0.4 is 9.47 Å². The van der Waals surface area contributed by atoms with Crippen LogP contribution in [0.2, 0.25) is 0 Å². The van der Waals surface area contributed by atoms with Gasteiger partial charge in [-0.15, -0.1) is 0 Å². The summed E-state index contributed by atoms with van der Waals surface area (Å²) in [6, 6.07) is 12.8. The van der Waals surface area contributed by atoms with E-state index in [-0.39, 0.29) is 24.0 Å². The van der Waals surface area contributed by atoms with Crippen LogP contribution in [0.1, 0.15) is 80.4 Å². The first-order valence-corrected chi connectivity index (χ1v) is 13.3. The fourth-order valence-electron chi connectivity index (χ4n) is 5.60. The third-order valence-electron chi connectivity index (χ3n) is 7.63. The molecule has 3 atom stereocenters. The molecule has 2 aromatic rings. The fourth-order valence-corrected chi connectivity index (χ4v) is 5.60. The highest BCUT2D eigenvalue weighted by atomic mass is 16.5. The summed E-state index contributed by atoms with van der Waals surface area (Å²) in [7, 11) is 3.86. The Hall–Kier alpha value is -2.86. The minimum Gasteiger partial charge on any atom is -0.493 e. The number of methoxy groups -OCH3 is 1. The van der Waals surface area contributed by atoms with Crippen LogP contribution in [-0.2, 0) is 0 Å². The Morgan fingerprint density at radius 2 is 1.86 bits per heavy atom. The summed E-state index contributed by atoms with van der Waals surface area (Å²) in [6.45, 7) is 13.0. The Kier molecular flexibility index (Phi) is 8.04. The zero-order valence-corrected chi connectivity index (χ0v) is 22.9. The molecule has 1 unspecified atom stereocenters. The zero-order valence-electron chi connectivity index (χ0n) is 22.9. The predicted molar refractivity (Wildman–Crippen MR) is 146 cm³/mol. The standard InChI is InChI=1S/C30H41N3O3/c1-8-20(5)33(19(3)4)30(34)22-12-10-21(11-13-22)29-24-17-27(35-7)28(36-9-2)16-23(24)25-18-32(6)15-14-26(25)31-29/h10-13,16-17,19-20,25-26H,8-9,14-15,18H2,1-7H3/t20?,25-,26-/m1/s1. The molecule has 0 aromatic heterocycles. The minimum atomic E-state index is 0.0790. The number of carbonyl (C=O) groups excluding carboxylic acids is 1. The Balaban J connectivity index is 1.74. The summed E-state index contributed by atoms with van der Waals surface area (Å²) >= 11 is 0. The average molecular weight is 492 g/mol. The lowest BCUT2D eigenvalue weighted by Crippen LogP contribution is -2.43. The van der Waals surface area contributed by atoms with Crippen molar-refractivity contribution in [2.75, 3.05) is 33.9 Å². The number of hydrogen-bond donors (Lipinski definition) is 0. The number of ether oxygens (including phenoxy) is 2. The van der Waals surface area contributed by atoms with Crippen LogP contribution >= 0.6 is 0 Å². The maximum Gasteiger partial charge on any atom is 0.254 e. The van der Waals surface area contributed by atoms with Crippen LogP contribution in [0.5, 0.6) is 11.5 Å². The first-order chi connectivity index (χ1) is 17.3. The molecule has 1 amide bonds. The molecule has 0 radical (unpaired) electrons. The van der Waals surface area contributed by atoms with E-state index >= 15 is 0 Å². The van der Waals surface area contributed by atoms with Gasteiger partial charge in [-0.05, 0) is 84.0 Å². The highest BCUT2D eigenvalue weighted by Crippen LogP contribution is 2.42. The van der Waals surface area contributed by atoms with Gasteiger partial charge in [0.1, 0.15) is 0 Å². The van der Waals surface area contributed by atoms with Crippen LogP contribution in [0.15, 0.2) is 41.4 Å². The Labute approximate surface area is 216 Å². The number of nitrogens with zero attached hydrogens (tertiary/aromatic N) is 3. The molecule has 0 aliphatic carbocycles. The van der Waals surface area contributed by atoms with Crippen molar-refractivity contribution < 1.29 is 14.3 Å². The fraction of sp³-hybridized carbons (Fsp3) is 0.533. The number of likely N-dealkylation sites (N-methyl/N-ethyl adjacent to an activating group) is 1. The van der Waals surface area contributed by atoms with Gasteiger partial charge in [0.25, 0.3) is 5.91 Å². The number of amides is 1. The summed E-state index contributed by atoms with van der Waals surface area (Å²) in [5, 5.41) is 0. The van der Waals surface area contributed by atoms with Crippen LogP contribution in [0.4, 0.5) is 0 Å². The smallest absolute Gasteiger partial charge is 0.254 e. The van der Waals surface area contributed by atoms with Gasteiger partial charge in [0.15, 0.2) is 11.5 Å². The van der Waals surface area contributed by atoms with E-state index in [1.165, 1.54) is 5.56 Å². The normalized spacial score (nSPS) is 20.3. The minimum absolute atomic E-state index is 0.0790. The van der Waals surface area contributed by atoms with Crippen LogP contribution in [0.3, 0.4) is 0 Å². The summed E-state index contributed by atoms with van der Waals surface area (Å²) in [4.78, 5) is 23.0. The van der Waals surface area contributed by atoms with E-state index in [1.807, 2.05) is 36.1 Å². The van der Waals surface area contributed by atoms with Crippen molar-refractivity contribution in [1.82, 2.24) is 9.80 Å². The van der Waals surface area contributed by atoms with E-state index in [2.05, 4.69) is 51.8 Å². The van der Waals surface area contributed by atoms with E-state index in [0.717, 1.165) is 54.3 Å². The van der Waals surface area contributed by atoms with Gasteiger partial charge in [-0.3, -0.25) is 9.79 Å². The van der Waals surface area contributed by atoms with Gasteiger partial charge in [-0.1, -0.05) is 19.1 Å². The highest BCUT2D eigenvalue weighted by Gasteiger charge is 2.36. The monoisotopic (exact) mass is 491 g/mol. The number of piperidine rings is 1. The Bertz CT molecular complexity index is 1110.